The van der Waals surface area contributed by atoms with E-state index in [2.05, 4.69) is 11.6 Å². The molecule has 1 aromatic heterocycles. The van der Waals surface area contributed by atoms with Gasteiger partial charge in [-0.05, 0) is 23.9 Å². The van der Waals surface area contributed by atoms with E-state index in [0.29, 0.717) is 26.9 Å². The van der Waals surface area contributed by atoms with Gasteiger partial charge >= 0.3 is 0 Å². The molecule has 1 aliphatic rings. The topological polar surface area (TPSA) is 56.0 Å². The molecule has 0 fully saturated rings. The molecular weight excluding hydrogens is 416 g/mol. The molecule has 7 heteroatoms. The average Bonchev–Trinajstić information content (AvgIpc) is 3.32. The van der Waals surface area contributed by atoms with Gasteiger partial charge in [-0.15, -0.1) is 17.9 Å². The van der Waals surface area contributed by atoms with Crippen LogP contribution in [0.3, 0.4) is 0 Å². The van der Waals surface area contributed by atoms with E-state index in [1.165, 1.54) is 11.3 Å². The van der Waals surface area contributed by atoms with Crippen molar-refractivity contribution in [2.75, 3.05) is 14.2 Å². The Labute approximate surface area is 183 Å². The van der Waals surface area contributed by atoms with E-state index < -0.39 is 0 Å². The minimum absolute atomic E-state index is 0.103. The Morgan fingerprint density at radius 2 is 1.93 bits per heavy atom. The molecule has 152 valence electrons. The SMILES string of the molecule is C=CCn1c(O)c(/C=c2\c(OC)cc(OC)c3c2=NC=C3c2ccccc2)sc1=S. The Hall–Kier alpha value is -3.16. The Bertz CT molecular complexity index is 1340. The lowest BCUT2D eigenvalue weighted by Gasteiger charge is -2.12. The van der Waals surface area contributed by atoms with Crippen LogP contribution >= 0.6 is 23.6 Å². The number of fused-ring (bicyclic) bond motifs is 1. The number of aromatic nitrogens is 1. The van der Waals surface area contributed by atoms with Crippen LogP contribution in [0.4, 0.5) is 0 Å². The molecule has 0 spiro atoms. The molecule has 4 rings (SSSR count). The summed E-state index contributed by atoms with van der Waals surface area (Å²) in [6.45, 7) is 4.16. The van der Waals surface area contributed by atoms with Gasteiger partial charge < -0.3 is 14.6 Å². The van der Waals surface area contributed by atoms with Gasteiger partial charge in [-0.25, -0.2) is 0 Å². The fraction of sp³-hybridized carbons (Fsp3) is 0.130. The van der Waals surface area contributed by atoms with Gasteiger partial charge in [0, 0.05) is 29.6 Å². The summed E-state index contributed by atoms with van der Waals surface area (Å²) in [4.78, 5) is 5.32. The highest BCUT2D eigenvalue weighted by Gasteiger charge is 2.21. The molecule has 5 nitrogen and oxygen atoms in total. The lowest BCUT2D eigenvalue weighted by molar-refractivity contribution is 0.390. The summed E-state index contributed by atoms with van der Waals surface area (Å²) in [6, 6.07) is 11.9. The maximum absolute atomic E-state index is 10.7. The number of hydrogen-bond acceptors (Lipinski definition) is 6. The Morgan fingerprint density at radius 3 is 2.60 bits per heavy atom. The van der Waals surface area contributed by atoms with Crippen molar-refractivity contribution in [1.29, 1.82) is 0 Å². The largest absolute Gasteiger partial charge is 0.496 e. The number of thiazole rings is 1. The molecule has 0 unspecified atom stereocenters. The van der Waals surface area contributed by atoms with Crippen molar-refractivity contribution in [3.63, 3.8) is 0 Å². The third kappa shape index (κ3) is 3.36. The van der Waals surface area contributed by atoms with Crippen LogP contribution < -0.4 is 20.0 Å². The Kier molecular flexibility index (Phi) is 5.57. The molecule has 0 atom stereocenters. The maximum Gasteiger partial charge on any atom is 0.210 e. The standard InChI is InChI=1S/C23H20N2O3S2/c1-4-10-25-22(26)19(30-23(25)29)11-15-17(27-2)12-18(28-3)20-16(13-24-21(15)20)14-8-6-5-7-9-14/h4-9,11-13,26H,1,10H2,2-3H3/b15-11+. The monoisotopic (exact) mass is 436 g/mol. The highest BCUT2D eigenvalue weighted by atomic mass is 32.1. The predicted molar refractivity (Wildman–Crippen MR) is 122 cm³/mol. The van der Waals surface area contributed by atoms with Gasteiger partial charge in [-0.2, -0.15) is 0 Å². The molecule has 1 aliphatic heterocycles. The van der Waals surface area contributed by atoms with E-state index in [0.717, 1.165) is 27.3 Å². The number of methoxy groups -OCH3 is 2. The number of aromatic hydroxyl groups is 1. The van der Waals surface area contributed by atoms with Gasteiger partial charge in [0.25, 0.3) is 0 Å². The number of benzene rings is 2. The summed E-state index contributed by atoms with van der Waals surface area (Å²) < 4.78 is 13.5. The Morgan fingerprint density at radius 1 is 1.20 bits per heavy atom. The molecule has 0 bridgehead atoms. The van der Waals surface area contributed by atoms with E-state index in [1.54, 1.807) is 24.9 Å². The van der Waals surface area contributed by atoms with E-state index >= 15 is 0 Å². The molecule has 0 saturated heterocycles. The van der Waals surface area contributed by atoms with E-state index in [1.807, 2.05) is 48.7 Å². The lowest BCUT2D eigenvalue weighted by atomic mass is 9.97. The van der Waals surface area contributed by atoms with Crippen molar-refractivity contribution in [2.24, 2.45) is 4.99 Å². The summed E-state index contributed by atoms with van der Waals surface area (Å²) in [5.41, 5.74) is 2.91. The maximum atomic E-state index is 10.7. The van der Waals surface area contributed by atoms with Gasteiger partial charge in [0.15, 0.2) is 3.95 Å². The number of rotatable bonds is 6. The molecule has 3 aromatic rings. The molecule has 0 saturated carbocycles. The fourth-order valence-electron chi connectivity index (χ4n) is 3.46. The quantitative estimate of drug-likeness (QED) is 0.468. The molecular formula is C23H20N2O3S2. The van der Waals surface area contributed by atoms with Gasteiger partial charge in [0.2, 0.25) is 5.88 Å². The first-order chi connectivity index (χ1) is 14.6. The number of ether oxygens (including phenoxy) is 2. The minimum atomic E-state index is 0.103. The van der Waals surface area contributed by atoms with Crippen molar-refractivity contribution in [1.82, 2.24) is 4.57 Å². The minimum Gasteiger partial charge on any atom is -0.496 e. The van der Waals surface area contributed by atoms with E-state index in [9.17, 15) is 5.11 Å². The highest BCUT2D eigenvalue weighted by Crippen LogP contribution is 2.32. The number of hydrogen-bond donors (Lipinski definition) is 1. The smallest absolute Gasteiger partial charge is 0.210 e. The number of allylic oxidation sites excluding steroid dienone is 1. The van der Waals surface area contributed by atoms with Crippen molar-refractivity contribution >= 4 is 35.2 Å². The van der Waals surface area contributed by atoms with E-state index in [-0.39, 0.29) is 5.88 Å². The van der Waals surface area contributed by atoms with Crippen molar-refractivity contribution in [3.05, 3.63) is 85.8 Å². The molecule has 0 amide bonds. The van der Waals surface area contributed by atoms with Crippen LogP contribution in [0.2, 0.25) is 0 Å². The summed E-state index contributed by atoms with van der Waals surface area (Å²) >= 11 is 6.72. The second-order valence-corrected chi connectivity index (χ2v) is 8.23. The molecule has 2 heterocycles. The van der Waals surface area contributed by atoms with Crippen LogP contribution in [0.5, 0.6) is 17.4 Å². The van der Waals surface area contributed by atoms with Crippen LogP contribution in [0.15, 0.2) is 60.2 Å². The number of nitrogens with zero attached hydrogens (tertiary/aromatic N) is 2. The van der Waals surface area contributed by atoms with Crippen molar-refractivity contribution in [3.8, 4) is 17.4 Å². The summed E-state index contributed by atoms with van der Waals surface area (Å²) in [6.07, 6.45) is 5.39. The third-order valence-corrected chi connectivity index (χ3v) is 6.25. The van der Waals surface area contributed by atoms with E-state index in [4.69, 9.17) is 21.7 Å². The average molecular weight is 437 g/mol. The predicted octanol–water partition coefficient (Wildman–Crippen LogP) is 4.04. The molecule has 0 radical (unpaired) electrons. The second kappa shape index (κ2) is 8.30. The van der Waals surface area contributed by atoms with Crippen LogP contribution in [0.1, 0.15) is 16.0 Å². The zero-order valence-electron chi connectivity index (χ0n) is 16.6. The van der Waals surface area contributed by atoms with Crippen molar-refractivity contribution in [2.45, 2.75) is 6.54 Å². The van der Waals surface area contributed by atoms with Crippen LogP contribution in [-0.4, -0.2) is 23.9 Å². The van der Waals surface area contributed by atoms with Crippen molar-refractivity contribution < 1.29 is 14.6 Å². The van der Waals surface area contributed by atoms with Gasteiger partial charge in [-0.3, -0.25) is 9.56 Å². The first kappa shape index (κ1) is 20.1. The zero-order valence-corrected chi connectivity index (χ0v) is 18.2. The second-order valence-electron chi connectivity index (χ2n) is 6.56. The molecule has 30 heavy (non-hydrogen) atoms. The summed E-state index contributed by atoms with van der Waals surface area (Å²) in [5.74, 6) is 1.38. The van der Waals surface area contributed by atoms with Crippen LogP contribution in [0, 0.1) is 3.95 Å². The van der Waals surface area contributed by atoms with Crippen LogP contribution in [-0.2, 0) is 6.54 Å². The molecule has 0 aliphatic carbocycles. The first-order valence-electron chi connectivity index (χ1n) is 9.23. The summed E-state index contributed by atoms with van der Waals surface area (Å²) in [5, 5.41) is 12.2. The molecule has 2 aromatic carbocycles. The molecule has 1 N–H and O–H groups in total. The van der Waals surface area contributed by atoms with Gasteiger partial charge in [-0.1, -0.05) is 36.4 Å². The first-order valence-corrected chi connectivity index (χ1v) is 10.5. The zero-order chi connectivity index (χ0) is 21.3. The van der Waals surface area contributed by atoms with Gasteiger partial charge in [0.05, 0.1) is 30.0 Å². The fourth-order valence-corrected chi connectivity index (χ4v) is 4.73. The third-order valence-electron chi connectivity index (χ3n) is 4.86. The lowest BCUT2D eigenvalue weighted by Crippen LogP contribution is -2.29. The van der Waals surface area contributed by atoms with Crippen LogP contribution in [0.25, 0.3) is 11.6 Å². The normalized spacial score (nSPS) is 12.9. The Balaban J connectivity index is 1.99. The van der Waals surface area contributed by atoms with Gasteiger partial charge in [0.1, 0.15) is 11.5 Å². The highest BCUT2D eigenvalue weighted by molar-refractivity contribution is 7.73. The summed E-state index contributed by atoms with van der Waals surface area (Å²) in [7, 11) is 3.23.